The fourth-order valence-electron chi connectivity index (χ4n) is 2.14. The predicted molar refractivity (Wildman–Crippen MR) is 78.5 cm³/mol. The summed E-state index contributed by atoms with van der Waals surface area (Å²) < 4.78 is 0. The minimum absolute atomic E-state index is 0.00574. The fraction of sp³-hybridized carbons (Fsp3) is 0.214. The molecule has 1 atom stereocenters. The molecule has 0 radical (unpaired) electrons. The van der Waals surface area contributed by atoms with Crippen molar-refractivity contribution in [3.63, 3.8) is 0 Å². The number of carboxylic acids is 1. The maximum absolute atomic E-state index is 12.1. The highest BCUT2D eigenvalue weighted by Crippen LogP contribution is 2.17. The van der Waals surface area contributed by atoms with Crippen LogP contribution in [0.3, 0.4) is 0 Å². The molecule has 1 heterocycles. The van der Waals surface area contributed by atoms with Crippen LogP contribution in [0.4, 0.5) is 0 Å². The van der Waals surface area contributed by atoms with Gasteiger partial charge in [0.25, 0.3) is 0 Å². The summed E-state index contributed by atoms with van der Waals surface area (Å²) in [4.78, 5) is 37.3. The maximum atomic E-state index is 12.1. The molecule has 0 spiro atoms. The zero-order chi connectivity index (χ0) is 15.6. The lowest BCUT2D eigenvalue weighted by molar-refractivity contribution is -0.141. The van der Waals surface area contributed by atoms with E-state index in [9.17, 15) is 14.4 Å². The summed E-state index contributed by atoms with van der Waals surface area (Å²) in [6.45, 7) is 1.24. The molecule has 0 aliphatic carbocycles. The SMILES string of the molecule is CC(=O)NC(Cc1c[nH]c2ccc(Cl)cc(=O)c12)C(=O)O. The summed E-state index contributed by atoms with van der Waals surface area (Å²) in [6, 6.07) is 3.40. The van der Waals surface area contributed by atoms with Crippen LogP contribution in [0.5, 0.6) is 0 Å². The van der Waals surface area contributed by atoms with Gasteiger partial charge in [0.2, 0.25) is 5.91 Å². The van der Waals surface area contributed by atoms with E-state index in [2.05, 4.69) is 10.3 Å². The Kier molecular flexibility index (Phi) is 4.28. The van der Waals surface area contributed by atoms with Gasteiger partial charge in [0.1, 0.15) is 6.04 Å². The number of aromatic nitrogens is 1. The van der Waals surface area contributed by atoms with E-state index in [1.165, 1.54) is 13.0 Å². The lowest BCUT2D eigenvalue weighted by atomic mass is 10.1. The standard InChI is InChI=1S/C14H13ClN2O4/c1-7(18)17-11(14(20)21)4-8-6-16-10-3-2-9(15)5-12(19)13(8)10/h2-3,5-6,11,16H,4H2,1H3,(H,17,18)(H,20,21). The minimum atomic E-state index is -1.16. The normalized spacial score (nSPS) is 12.1. The molecule has 21 heavy (non-hydrogen) atoms. The van der Waals surface area contributed by atoms with Crippen LogP contribution in [0.2, 0.25) is 5.02 Å². The van der Waals surface area contributed by atoms with E-state index in [0.717, 1.165) is 0 Å². The second-order valence-corrected chi connectivity index (χ2v) is 5.06. The van der Waals surface area contributed by atoms with E-state index in [4.69, 9.17) is 16.7 Å². The topological polar surface area (TPSA) is 99.3 Å². The van der Waals surface area contributed by atoms with E-state index >= 15 is 0 Å². The van der Waals surface area contributed by atoms with E-state index in [1.54, 1.807) is 18.3 Å². The first-order chi connectivity index (χ1) is 9.88. The van der Waals surface area contributed by atoms with Gasteiger partial charge in [-0.05, 0) is 17.7 Å². The summed E-state index contributed by atoms with van der Waals surface area (Å²) in [7, 11) is 0. The van der Waals surface area contributed by atoms with Gasteiger partial charge in [-0.15, -0.1) is 0 Å². The number of nitrogens with one attached hydrogen (secondary N) is 2. The van der Waals surface area contributed by atoms with Crippen LogP contribution in [-0.4, -0.2) is 28.0 Å². The number of hydrogen-bond donors (Lipinski definition) is 3. The fourth-order valence-corrected chi connectivity index (χ4v) is 2.30. The number of halogens is 1. The lowest BCUT2D eigenvalue weighted by Gasteiger charge is -2.12. The Bertz CT molecular complexity index is 769. The Morgan fingerprint density at radius 1 is 1.43 bits per heavy atom. The van der Waals surface area contributed by atoms with Gasteiger partial charge in [-0.3, -0.25) is 9.59 Å². The van der Waals surface area contributed by atoms with Crippen LogP contribution in [0.1, 0.15) is 12.5 Å². The Labute approximate surface area is 124 Å². The molecule has 1 aromatic heterocycles. The second-order valence-electron chi connectivity index (χ2n) is 4.62. The smallest absolute Gasteiger partial charge is 0.326 e. The van der Waals surface area contributed by atoms with Crippen molar-refractivity contribution in [1.29, 1.82) is 0 Å². The zero-order valence-corrected chi connectivity index (χ0v) is 11.9. The molecule has 1 unspecified atom stereocenters. The van der Waals surface area contributed by atoms with Crippen LogP contribution >= 0.6 is 11.6 Å². The minimum Gasteiger partial charge on any atom is -0.480 e. The van der Waals surface area contributed by atoms with Crippen molar-refractivity contribution >= 4 is 34.4 Å². The number of carbonyl (C=O) groups is 2. The van der Waals surface area contributed by atoms with Gasteiger partial charge in [0.15, 0.2) is 5.43 Å². The van der Waals surface area contributed by atoms with Gasteiger partial charge in [-0.1, -0.05) is 11.6 Å². The van der Waals surface area contributed by atoms with E-state index in [0.29, 0.717) is 21.5 Å². The summed E-state index contributed by atoms with van der Waals surface area (Å²) in [6.07, 6.45) is 1.57. The molecule has 6 nitrogen and oxygen atoms in total. The molecular weight excluding hydrogens is 296 g/mol. The number of aliphatic carboxylic acids is 1. The van der Waals surface area contributed by atoms with E-state index < -0.39 is 17.9 Å². The van der Waals surface area contributed by atoms with Crippen molar-refractivity contribution in [2.45, 2.75) is 19.4 Å². The summed E-state index contributed by atoms with van der Waals surface area (Å²) in [5, 5.41) is 12.1. The van der Waals surface area contributed by atoms with Gasteiger partial charge in [-0.2, -0.15) is 0 Å². The van der Waals surface area contributed by atoms with Gasteiger partial charge in [0, 0.05) is 36.1 Å². The molecule has 0 fully saturated rings. The highest BCUT2D eigenvalue weighted by molar-refractivity contribution is 6.30. The third-order valence-electron chi connectivity index (χ3n) is 3.02. The van der Waals surface area contributed by atoms with Crippen molar-refractivity contribution in [2.24, 2.45) is 0 Å². The number of hydrogen-bond acceptors (Lipinski definition) is 3. The Morgan fingerprint density at radius 2 is 2.14 bits per heavy atom. The molecule has 3 N–H and O–H groups in total. The van der Waals surface area contributed by atoms with Crippen LogP contribution in [0, 0.1) is 0 Å². The number of carboxylic acid groups (broad SMARTS) is 1. The average Bonchev–Trinajstić information content (AvgIpc) is 2.71. The van der Waals surface area contributed by atoms with Crippen molar-refractivity contribution < 1.29 is 14.7 Å². The Morgan fingerprint density at radius 3 is 2.76 bits per heavy atom. The molecule has 2 aromatic rings. The van der Waals surface area contributed by atoms with Gasteiger partial charge in [-0.25, -0.2) is 4.79 Å². The number of carbonyl (C=O) groups excluding carboxylic acids is 1. The molecule has 0 saturated heterocycles. The number of aromatic amines is 1. The first kappa shape index (κ1) is 15.1. The Balaban J connectivity index is 2.48. The molecule has 2 rings (SSSR count). The Hall–Kier alpha value is -2.34. The number of amides is 1. The van der Waals surface area contributed by atoms with Crippen LogP contribution in [0.25, 0.3) is 10.9 Å². The molecule has 0 bridgehead atoms. The monoisotopic (exact) mass is 308 g/mol. The highest BCUT2D eigenvalue weighted by atomic mass is 35.5. The quantitative estimate of drug-likeness (QED) is 0.793. The molecule has 0 aliphatic heterocycles. The highest BCUT2D eigenvalue weighted by Gasteiger charge is 2.21. The van der Waals surface area contributed by atoms with Crippen molar-refractivity contribution in [1.82, 2.24) is 10.3 Å². The molecule has 1 aromatic carbocycles. The lowest BCUT2D eigenvalue weighted by Crippen LogP contribution is -2.41. The van der Waals surface area contributed by atoms with Crippen molar-refractivity contribution in [3.05, 3.63) is 45.2 Å². The average molecular weight is 309 g/mol. The molecular formula is C14H13ClN2O4. The van der Waals surface area contributed by atoms with Crippen LogP contribution in [-0.2, 0) is 16.0 Å². The van der Waals surface area contributed by atoms with Gasteiger partial charge >= 0.3 is 5.97 Å². The second kappa shape index (κ2) is 5.97. The first-order valence-electron chi connectivity index (χ1n) is 6.18. The summed E-state index contributed by atoms with van der Waals surface area (Å²) in [5.41, 5.74) is 0.778. The third kappa shape index (κ3) is 3.41. The summed E-state index contributed by atoms with van der Waals surface area (Å²) >= 11 is 5.83. The molecule has 0 saturated carbocycles. The number of rotatable bonds is 4. The maximum Gasteiger partial charge on any atom is 0.326 e. The third-order valence-corrected chi connectivity index (χ3v) is 3.25. The zero-order valence-electron chi connectivity index (χ0n) is 11.1. The number of H-pyrrole nitrogens is 1. The van der Waals surface area contributed by atoms with Gasteiger partial charge in [0.05, 0.1) is 5.39 Å². The molecule has 1 amide bonds. The van der Waals surface area contributed by atoms with Crippen LogP contribution < -0.4 is 10.7 Å². The number of fused-ring (bicyclic) bond motifs is 1. The van der Waals surface area contributed by atoms with E-state index in [-0.39, 0.29) is 11.8 Å². The molecule has 7 heteroatoms. The molecule has 110 valence electrons. The largest absolute Gasteiger partial charge is 0.480 e. The van der Waals surface area contributed by atoms with Gasteiger partial charge < -0.3 is 15.4 Å². The van der Waals surface area contributed by atoms with Crippen LogP contribution in [0.15, 0.2) is 29.2 Å². The van der Waals surface area contributed by atoms with Crippen molar-refractivity contribution in [2.75, 3.05) is 0 Å². The molecule has 0 aliphatic rings. The predicted octanol–water partition coefficient (Wildman–Crippen LogP) is 1.31. The van der Waals surface area contributed by atoms with E-state index in [1.807, 2.05) is 0 Å². The first-order valence-corrected chi connectivity index (χ1v) is 6.56. The summed E-state index contributed by atoms with van der Waals surface area (Å²) in [5.74, 6) is -1.61. The van der Waals surface area contributed by atoms with Crippen molar-refractivity contribution in [3.8, 4) is 0 Å².